The third-order valence-electron chi connectivity index (χ3n) is 4.59. The van der Waals surface area contributed by atoms with Crippen LogP contribution in [0, 0.1) is 5.92 Å². The summed E-state index contributed by atoms with van der Waals surface area (Å²) >= 11 is 0. The number of alkyl carbamates (subject to hydrolysis) is 1. The Balaban J connectivity index is 1.79. The van der Waals surface area contributed by atoms with Crippen molar-refractivity contribution in [2.75, 3.05) is 39.5 Å². The van der Waals surface area contributed by atoms with Crippen LogP contribution in [0.15, 0.2) is 0 Å². The predicted octanol–water partition coefficient (Wildman–Crippen LogP) is 0.00500. The molecule has 0 aromatic rings. The molecule has 23 heavy (non-hydrogen) atoms. The number of sulfonamides is 1. The zero-order valence-electron chi connectivity index (χ0n) is 13.7. The minimum Gasteiger partial charge on any atom is -0.453 e. The van der Waals surface area contributed by atoms with Crippen LogP contribution in [0.2, 0.25) is 0 Å². The number of hydrogen-bond donors (Lipinski definition) is 1. The standard InChI is InChI=1S/C14H25N3O5S/c1-22-14(19)15-12-5-7-16(8-6-12)13(18)11-3-9-17(10-4-11)23(2,20)21/h11-12H,3-10H2,1-2H3,(H,15,19). The number of amides is 2. The molecule has 2 amide bonds. The Labute approximate surface area is 137 Å². The zero-order valence-corrected chi connectivity index (χ0v) is 14.5. The first-order valence-corrected chi connectivity index (χ1v) is 9.74. The van der Waals surface area contributed by atoms with Crippen LogP contribution in [0.1, 0.15) is 25.7 Å². The van der Waals surface area contributed by atoms with Crippen molar-refractivity contribution in [2.45, 2.75) is 31.7 Å². The Hall–Kier alpha value is -1.35. The molecular formula is C14H25N3O5S. The minimum atomic E-state index is -3.16. The van der Waals surface area contributed by atoms with E-state index >= 15 is 0 Å². The van der Waals surface area contributed by atoms with E-state index in [2.05, 4.69) is 10.1 Å². The van der Waals surface area contributed by atoms with Crippen molar-refractivity contribution >= 4 is 22.0 Å². The number of methoxy groups -OCH3 is 1. The van der Waals surface area contributed by atoms with Crippen molar-refractivity contribution in [3.63, 3.8) is 0 Å². The lowest BCUT2D eigenvalue weighted by Gasteiger charge is -2.36. The highest BCUT2D eigenvalue weighted by Gasteiger charge is 2.33. The van der Waals surface area contributed by atoms with Crippen LogP contribution in [0.3, 0.4) is 0 Å². The summed E-state index contributed by atoms with van der Waals surface area (Å²) in [4.78, 5) is 25.6. The molecule has 8 nitrogen and oxygen atoms in total. The Morgan fingerprint density at radius 3 is 2.09 bits per heavy atom. The Kier molecular flexibility index (Phi) is 5.85. The normalized spacial score (nSPS) is 21.9. The Bertz CT molecular complexity index is 535. The van der Waals surface area contributed by atoms with E-state index in [-0.39, 0.29) is 17.9 Å². The van der Waals surface area contributed by atoms with Gasteiger partial charge in [0.25, 0.3) is 0 Å². The third kappa shape index (κ3) is 4.81. The first-order valence-electron chi connectivity index (χ1n) is 7.89. The summed E-state index contributed by atoms with van der Waals surface area (Å²) in [5, 5.41) is 2.76. The van der Waals surface area contributed by atoms with Gasteiger partial charge in [-0.25, -0.2) is 17.5 Å². The van der Waals surface area contributed by atoms with Crippen LogP contribution < -0.4 is 5.32 Å². The Morgan fingerprint density at radius 2 is 1.61 bits per heavy atom. The van der Waals surface area contributed by atoms with Crippen molar-refractivity contribution in [1.82, 2.24) is 14.5 Å². The summed E-state index contributed by atoms with van der Waals surface area (Å²) in [6, 6.07) is 0.0404. The second-order valence-corrected chi connectivity index (χ2v) is 8.15. The highest BCUT2D eigenvalue weighted by atomic mass is 32.2. The van der Waals surface area contributed by atoms with Gasteiger partial charge in [-0.3, -0.25) is 4.79 Å². The van der Waals surface area contributed by atoms with Crippen molar-refractivity contribution < 1.29 is 22.7 Å². The number of carbonyl (C=O) groups is 2. The molecule has 2 aliphatic rings. The van der Waals surface area contributed by atoms with E-state index in [0.717, 1.165) is 0 Å². The van der Waals surface area contributed by atoms with Gasteiger partial charge in [-0.05, 0) is 25.7 Å². The monoisotopic (exact) mass is 347 g/mol. The molecule has 2 aliphatic heterocycles. The van der Waals surface area contributed by atoms with Crippen molar-refractivity contribution in [1.29, 1.82) is 0 Å². The van der Waals surface area contributed by atoms with Gasteiger partial charge in [-0.2, -0.15) is 0 Å². The van der Waals surface area contributed by atoms with Crippen LogP contribution in [0.25, 0.3) is 0 Å². The number of nitrogens with one attached hydrogen (secondary N) is 1. The fourth-order valence-corrected chi connectivity index (χ4v) is 4.04. The number of piperidine rings is 2. The van der Waals surface area contributed by atoms with Crippen LogP contribution in [0.5, 0.6) is 0 Å². The summed E-state index contributed by atoms with van der Waals surface area (Å²) < 4.78 is 29.0. The average Bonchev–Trinajstić information content (AvgIpc) is 2.54. The highest BCUT2D eigenvalue weighted by molar-refractivity contribution is 7.88. The summed E-state index contributed by atoms with van der Waals surface area (Å²) in [6.45, 7) is 2.05. The second kappa shape index (κ2) is 7.48. The molecule has 0 bridgehead atoms. The summed E-state index contributed by atoms with van der Waals surface area (Å²) in [6.07, 6.45) is 3.33. The van der Waals surface area contributed by atoms with E-state index in [0.29, 0.717) is 51.9 Å². The number of hydrogen-bond acceptors (Lipinski definition) is 5. The Morgan fingerprint density at radius 1 is 1.04 bits per heavy atom. The number of likely N-dealkylation sites (tertiary alicyclic amines) is 1. The number of nitrogens with zero attached hydrogens (tertiary/aromatic N) is 2. The second-order valence-electron chi connectivity index (χ2n) is 6.17. The molecule has 0 unspecified atom stereocenters. The maximum atomic E-state index is 12.5. The summed E-state index contributed by atoms with van der Waals surface area (Å²) in [5.74, 6) is 0.00721. The highest BCUT2D eigenvalue weighted by Crippen LogP contribution is 2.23. The van der Waals surface area contributed by atoms with E-state index in [9.17, 15) is 18.0 Å². The maximum Gasteiger partial charge on any atom is 0.407 e. The SMILES string of the molecule is COC(=O)NC1CCN(C(=O)C2CCN(S(C)(=O)=O)CC2)CC1. The van der Waals surface area contributed by atoms with Crippen LogP contribution in [0.4, 0.5) is 4.79 Å². The van der Waals surface area contributed by atoms with Crippen molar-refractivity contribution in [3.8, 4) is 0 Å². The molecule has 0 atom stereocenters. The van der Waals surface area contributed by atoms with Crippen molar-refractivity contribution in [2.24, 2.45) is 5.92 Å². The third-order valence-corrected chi connectivity index (χ3v) is 5.89. The lowest BCUT2D eigenvalue weighted by Crippen LogP contribution is -2.49. The molecule has 2 rings (SSSR count). The lowest BCUT2D eigenvalue weighted by atomic mass is 9.95. The van der Waals surface area contributed by atoms with Crippen LogP contribution in [-0.2, 0) is 19.6 Å². The smallest absolute Gasteiger partial charge is 0.407 e. The van der Waals surface area contributed by atoms with Gasteiger partial charge in [0.2, 0.25) is 15.9 Å². The van der Waals surface area contributed by atoms with Gasteiger partial charge in [0.05, 0.1) is 13.4 Å². The van der Waals surface area contributed by atoms with Gasteiger partial charge in [-0.15, -0.1) is 0 Å². The molecule has 9 heteroatoms. The molecule has 2 saturated heterocycles. The van der Waals surface area contributed by atoms with Crippen LogP contribution >= 0.6 is 0 Å². The quantitative estimate of drug-likeness (QED) is 0.775. The summed E-state index contributed by atoms with van der Waals surface area (Å²) in [7, 11) is -1.83. The van der Waals surface area contributed by atoms with E-state index < -0.39 is 16.1 Å². The average molecular weight is 347 g/mol. The predicted molar refractivity (Wildman–Crippen MR) is 84.3 cm³/mol. The fourth-order valence-electron chi connectivity index (χ4n) is 3.16. The maximum absolute atomic E-state index is 12.5. The van der Waals surface area contributed by atoms with Gasteiger partial charge >= 0.3 is 6.09 Å². The molecule has 2 heterocycles. The molecule has 0 saturated carbocycles. The number of carbonyl (C=O) groups excluding carboxylic acids is 2. The van der Waals surface area contributed by atoms with E-state index in [4.69, 9.17) is 0 Å². The topological polar surface area (TPSA) is 96.0 Å². The molecule has 1 N–H and O–H groups in total. The minimum absolute atomic E-state index is 0.0404. The summed E-state index contributed by atoms with van der Waals surface area (Å²) in [5.41, 5.74) is 0. The number of ether oxygens (including phenoxy) is 1. The van der Waals surface area contributed by atoms with Gasteiger partial charge in [0, 0.05) is 38.1 Å². The molecule has 132 valence electrons. The van der Waals surface area contributed by atoms with E-state index in [1.807, 2.05) is 4.90 Å². The van der Waals surface area contributed by atoms with E-state index in [1.165, 1.54) is 17.7 Å². The molecule has 0 aromatic carbocycles. The molecule has 0 spiro atoms. The number of rotatable bonds is 3. The van der Waals surface area contributed by atoms with Gasteiger partial charge in [0.15, 0.2) is 0 Å². The van der Waals surface area contributed by atoms with E-state index in [1.54, 1.807) is 0 Å². The fraction of sp³-hybridized carbons (Fsp3) is 0.857. The largest absolute Gasteiger partial charge is 0.453 e. The van der Waals surface area contributed by atoms with Crippen molar-refractivity contribution in [3.05, 3.63) is 0 Å². The first kappa shape index (κ1) is 18.0. The van der Waals surface area contributed by atoms with Crippen LogP contribution in [-0.4, -0.2) is 75.2 Å². The van der Waals surface area contributed by atoms with Gasteiger partial charge in [-0.1, -0.05) is 0 Å². The molecule has 0 aliphatic carbocycles. The zero-order chi connectivity index (χ0) is 17.0. The van der Waals surface area contributed by atoms with Gasteiger partial charge in [0.1, 0.15) is 0 Å². The molecule has 0 aromatic heterocycles. The molecule has 0 radical (unpaired) electrons. The molecule has 2 fully saturated rings. The first-order chi connectivity index (χ1) is 10.8. The molecular weight excluding hydrogens is 322 g/mol. The van der Waals surface area contributed by atoms with Gasteiger partial charge < -0.3 is 15.0 Å². The lowest BCUT2D eigenvalue weighted by molar-refractivity contribution is -0.137.